The van der Waals surface area contributed by atoms with Gasteiger partial charge in [-0.25, -0.2) is 8.78 Å². The van der Waals surface area contributed by atoms with Gasteiger partial charge in [-0.3, -0.25) is 9.69 Å². The highest BCUT2D eigenvalue weighted by Crippen LogP contribution is 2.35. The standard InChI is InChI=1S/C20H25F2N3O2/c1-27-12-15-8-20(21,22)13-25(15)16-10-24(11-16)19(26)7-6-14-9-23-18-5-3-2-4-17(14)18/h2-5,9,15-16,23H,6-8,10-13H2,1H3/t15-/m0/s1. The number of hydrogen-bond acceptors (Lipinski definition) is 3. The number of H-pyrrole nitrogens is 1. The lowest BCUT2D eigenvalue weighted by Crippen LogP contribution is -2.62. The van der Waals surface area contributed by atoms with Crippen molar-refractivity contribution in [2.75, 3.05) is 33.4 Å². The third-order valence-corrected chi connectivity index (χ3v) is 5.74. The van der Waals surface area contributed by atoms with Crippen molar-refractivity contribution in [2.45, 2.75) is 37.3 Å². The molecule has 1 atom stereocenters. The van der Waals surface area contributed by atoms with Gasteiger partial charge in [0.25, 0.3) is 5.92 Å². The maximum absolute atomic E-state index is 13.8. The van der Waals surface area contributed by atoms with Gasteiger partial charge in [0.05, 0.1) is 13.2 Å². The largest absolute Gasteiger partial charge is 0.383 e. The van der Waals surface area contributed by atoms with Crippen LogP contribution in [0, 0.1) is 0 Å². The number of carbonyl (C=O) groups excluding carboxylic acids is 1. The third-order valence-electron chi connectivity index (χ3n) is 5.74. The summed E-state index contributed by atoms with van der Waals surface area (Å²) < 4.78 is 32.6. The van der Waals surface area contributed by atoms with E-state index in [0.29, 0.717) is 32.5 Å². The molecule has 1 amide bonds. The second-order valence-corrected chi connectivity index (χ2v) is 7.65. The number of ether oxygens (including phenoxy) is 1. The Balaban J connectivity index is 1.29. The van der Waals surface area contributed by atoms with E-state index in [-0.39, 0.29) is 31.0 Å². The molecule has 0 saturated carbocycles. The highest BCUT2D eigenvalue weighted by atomic mass is 19.3. The molecule has 3 heterocycles. The van der Waals surface area contributed by atoms with Crippen molar-refractivity contribution in [3.8, 4) is 0 Å². The Morgan fingerprint density at radius 3 is 2.89 bits per heavy atom. The number of aromatic nitrogens is 1. The van der Waals surface area contributed by atoms with Gasteiger partial charge in [0.2, 0.25) is 5.91 Å². The molecular weight excluding hydrogens is 352 g/mol. The number of carbonyl (C=O) groups is 1. The number of alkyl halides is 2. The summed E-state index contributed by atoms with van der Waals surface area (Å²) in [5, 5.41) is 1.15. The van der Waals surface area contributed by atoms with Crippen molar-refractivity contribution < 1.29 is 18.3 Å². The molecule has 2 aliphatic heterocycles. The minimum absolute atomic E-state index is 0.00978. The summed E-state index contributed by atoms with van der Waals surface area (Å²) in [6, 6.07) is 7.78. The number of aryl methyl sites for hydroxylation is 1. The van der Waals surface area contributed by atoms with E-state index in [1.165, 1.54) is 7.11 Å². The Labute approximate surface area is 157 Å². The van der Waals surface area contributed by atoms with Gasteiger partial charge in [-0.1, -0.05) is 18.2 Å². The van der Waals surface area contributed by atoms with Crippen LogP contribution in [-0.2, 0) is 16.0 Å². The fourth-order valence-electron chi connectivity index (χ4n) is 4.30. The SMILES string of the molecule is COC[C@@H]1CC(F)(F)CN1C1CN(C(=O)CCc2c[nH]c3ccccc23)C1. The predicted octanol–water partition coefficient (Wildman–Crippen LogP) is 2.67. The summed E-state index contributed by atoms with van der Waals surface area (Å²) in [6.07, 6.45) is 2.91. The van der Waals surface area contributed by atoms with E-state index in [4.69, 9.17) is 4.74 Å². The number of nitrogens with one attached hydrogen (secondary N) is 1. The number of nitrogens with zero attached hydrogens (tertiary/aromatic N) is 2. The summed E-state index contributed by atoms with van der Waals surface area (Å²) in [7, 11) is 1.54. The van der Waals surface area contributed by atoms with Crippen LogP contribution in [0.5, 0.6) is 0 Å². The number of rotatable bonds is 6. The first-order chi connectivity index (χ1) is 13.0. The van der Waals surface area contributed by atoms with Crippen molar-refractivity contribution in [1.29, 1.82) is 0 Å². The van der Waals surface area contributed by atoms with E-state index in [9.17, 15) is 13.6 Å². The quantitative estimate of drug-likeness (QED) is 0.842. The first-order valence-corrected chi connectivity index (χ1v) is 9.42. The number of para-hydroxylation sites is 1. The molecule has 2 saturated heterocycles. The lowest BCUT2D eigenvalue weighted by atomic mass is 10.0. The molecule has 0 unspecified atom stereocenters. The van der Waals surface area contributed by atoms with Gasteiger partial charge in [0.15, 0.2) is 0 Å². The lowest BCUT2D eigenvalue weighted by molar-refractivity contribution is -0.139. The van der Waals surface area contributed by atoms with Crippen LogP contribution < -0.4 is 0 Å². The number of amides is 1. The van der Waals surface area contributed by atoms with Gasteiger partial charge < -0.3 is 14.6 Å². The molecule has 1 N–H and O–H groups in total. The minimum Gasteiger partial charge on any atom is -0.383 e. The third kappa shape index (κ3) is 3.71. The van der Waals surface area contributed by atoms with Crippen LogP contribution in [0.15, 0.2) is 30.5 Å². The monoisotopic (exact) mass is 377 g/mol. The molecule has 2 aliphatic rings. The Kier molecular flexibility index (Phi) is 4.90. The Morgan fingerprint density at radius 1 is 1.33 bits per heavy atom. The Morgan fingerprint density at radius 2 is 2.11 bits per heavy atom. The number of benzene rings is 1. The second-order valence-electron chi connectivity index (χ2n) is 7.65. The number of methoxy groups -OCH3 is 1. The van der Waals surface area contributed by atoms with Gasteiger partial charge in [-0.15, -0.1) is 0 Å². The average molecular weight is 377 g/mol. The summed E-state index contributed by atoms with van der Waals surface area (Å²) in [4.78, 5) is 19.3. The smallest absolute Gasteiger partial charge is 0.262 e. The molecule has 0 bridgehead atoms. The van der Waals surface area contributed by atoms with Gasteiger partial charge >= 0.3 is 0 Å². The van der Waals surface area contributed by atoms with E-state index in [1.807, 2.05) is 29.3 Å². The Bertz CT molecular complexity index is 816. The molecule has 27 heavy (non-hydrogen) atoms. The fraction of sp³-hybridized carbons (Fsp3) is 0.550. The van der Waals surface area contributed by atoms with Gasteiger partial charge in [0.1, 0.15) is 0 Å². The van der Waals surface area contributed by atoms with Crippen molar-refractivity contribution in [3.05, 3.63) is 36.0 Å². The molecule has 5 nitrogen and oxygen atoms in total. The minimum atomic E-state index is -2.66. The lowest BCUT2D eigenvalue weighted by Gasteiger charge is -2.45. The predicted molar refractivity (Wildman–Crippen MR) is 98.9 cm³/mol. The number of hydrogen-bond donors (Lipinski definition) is 1. The van der Waals surface area contributed by atoms with Crippen molar-refractivity contribution >= 4 is 16.8 Å². The number of aromatic amines is 1. The van der Waals surface area contributed by atoms with Crippen LogP contribution >= 0.6 is 0 Å². The summed E-state index contributed by atoms with van der Waals surface area (Å²) in [5.74, 6) is -2.58. The summed E-state index contributed by atoms with van der Waals surface area (Å²) in [6.45, 7) is 1.13. The molecule has 0 spiro atoms. The maximum Gasteiger partial charge on any atom is 0.262 e. The van der Waals surface area contributed by atoms with Crippen LogP contribution in [0.2, 0.25) is 0 Å². The van der Waals surface area contributed by atoms with E-state index < -0.39 is 5.92 Å². The molecule has 1 aromatic heterocycles. The molecule has 0 radical (unpaired) electrons. The van der Waals surface area contributed by atoms with Crippen LogP contribution in [0.3, 0.4) is 0 Å². The van der Waals surface area contributed by atoms with Crippen molar-refractivity contribution in [1.82, 2.24) is 14.8 Å². The van der Waals surface area contributed by atoms with Crippen LogP contribution in [0.4, 0.5) is 8.78 Å². The first kappa shape index (κ1) is 18.4. The highest BCUT2D eigenvalue weighted by Gasteiger charge is 2.50. The van der Waals surface area contributed by atoms with Gasteiger partial charge in [-0.05, 0) is 18.1 Å². The van der Waals surface area contributed by atoms with E-state index in [1.54, 1.807) is 4.90 Å². The molecular formula is C20H25F2N3O2. The van der Waals surface area contributed by atoms with E-state index in [2.05, 4.69) is 11.1 Å². The normalized spacial score (nSPS) is 23.1. The topological polar surface area (TPSA) is 48.6 Å². The van der Waals surface area contributed by atoms with E-state index in [0.717, 1.165) is 16.5 Å². The molecule has 7 heteroatoms. The summed E-state index contributed by atoms with van der Waals surface area (Å²) in [5.41, 5.74) is 2.21. The van der Waals surface area contributed by atoms with Crippen LogP contribution in [0.25, 0.3) is 10.9 Å². The zero-order chi connectivity index (χ0) is 19.0. The molecule has 0 aliphatic carbocycles. The molecule has 4 rings (SSSR count). The zero-order valence-electron chi connectivity index (χ0n) is 15.5. The van der Waals surface area contributed by atoms with Crippen LogP contribution in [-0.4, -0.2) is 72.0 Å². The number of likely N-dealkylation sites (tertiary alicyclic amines) is 2. The average Bonchev–Trinajstić information content (AvgIpc) is 3.13. The molecule has 146 valence electrons. The fourth-order valence-corrected chi connectivity index (χ4v) is 4.30. The maximum atomic E-state index is 13.8. The first-order valence-electron chi connectivity index (χ1n) is 9.42. The van der Waals surface area contributed by atoms with Crippen LogP contribution in [0.1, 0.15) is 18.4 Å². The molecule has 1 aromatic carbocycles. The van der Waals surface area contributed by atoms with E-state index >= 15 is 0 Å². The highest BCUT2D eigenvalue weighted by molar-refractivity contribution is 5.84. The zero-order valence-corrected chi connectivity index (χ0v) is 15.5. The summed E-state index contributed by atoms with van der Waals surface area (Å²) >= 11 is 0. The molecule has 2 aromatic rings. The van der Waals surface area contributed by atoms with Gasteiger partial charge in [-0.2, -0.15) is 0 Å². The number of fused-ring (bicyclic) bond motifs is 1. The Hall–Kier alpha value is -1.99. The van der Waals surface area contributed by atoms with Crippen molar-refractivity contribution in [3.63, 3.8) is 0 Å². The second kappa shape index (κ2) is 7.20. The van der Waals surface area contributed by atoms with Gasteiger partial charge in [0, 0.05) is 62.2 Å². The molecule has 2 fully saturated rings. The van der Waals surface area contributed by atoms with Crippen molar-refractivity contribution in [2.24, 2.45) is 0 Å². The number of halogens is 2.